The van der Waals surface area contributed by atoms with E-state index in [4.69, 9.17) is 0 Å². The molecule has 2 aliphatic rings. The molecule has 1 aliphatic heterocycles. The predicted octanol–water partition coefficient (Wildman–Crippen LogP) is 3.47. The van der Waals surface area contributed by atoms with Crippen LogP contribution in [0.2, 0.25) is 0 Å². The SMILES string of the molecule is c1ccc2c(c1)CC(N1CCCC(NCc3ccsc3)C1)C2. The third-order valence-electron chi connectivity index (χ3n) is 5.17. The monoisotopic (exact) mass is 312 g/mol. The molecule has 1 aromatic carbocycles. The highest BCUT2D eigenvalue weighted by molar-refractivity contribution is 7.07. The lowest BCUT2D eigenvalue weighted by Crippen LogP contribution is -2.49. The van der Waals surface area contributed by atoms with E-state index in [1.807, 2.05) is 0 Å². The molecule has 1 N–H and O–H groups in total. The average Bonchev–Trinajstić information content (AvgIpc) is 3.22. The third-order valence-corrected chi connectivity index (χ3v) is 5.91. The fourth-order valence-corrected chi connectivity index (χ4v) is 4.62. The van der Waals surface area contributed by atoms with Gasteiger partial charge in [0.2, 0.25) is 0 Å². The van der Waals surface area contributed by atoms with Gasteiger partial charge in [-0.25, -0.2) is 0 Å². The first-order valence-corrected chi connectivity index (χ1v) is 9.38. The van der Waals surface area contributed by atoms with Crippen molar-refractivity contribution in [3.8, 4) is 0 Å². The molecule has 0 radical (unpaired) electrons. The summed E-state index contributed by atoms with van der Waals surface area (Å²) in [5.74, 6) is 0. The standard InChI is InChI=1S/C19H24N2S/c1-2-5-17-11-19(10-16(17)4-1)21-8-3-6-18(13-21)20-12-15-7-9-22-14-15/h1-2,4-5,7,9,14,18-20H,3,6,8,10-13H2. The van der Waals surface area contributed by atoms with Crippen LogP contribution in [0.1, 0.15) is 29.5 Å². The van der Waals surface area contributed by atoms with Gasteiger partial charge in [-0.1, -0.05) is 24.3 Å². The third kappa shape index (κ3) is 3.12. The molecule has 0 spiro atoms. The number of fused-ring (bicyclic) bond motifs is 1. The van der Waals surface area contributed by atoms with Gasteiger partial charge >= 0.3 is 0 Å². The first kappa shape index (κ1) is 14.4. The summed E-state index contributed by atoms with van der Waals surface area (Å²) < 4.78 is 0. The maximum atomic E-state index is 3.76. The van der Waals surface area contributed by atoms with Crippen molar-refractivity contribution in [1.82, 2.24) is 10.2 Å². The molecule has 2 heterocycles. The van der Waals surface area contributed by atoms with Gasteiger partial charge in [0.25, 0.3) is 0 Å². The Morgan fingerprint density at radius 3 is 2.68 bits per heavy atom. The van der Waals surface area contributed by atoms with Gasteiger partial charge in [0.15, 0.2) is 0 Å². The minimum atomic E-state index is 0.650. The smallest absolute Gasteiger partial charge is 0.0216 e. The lowest BCUT2D eigenvalue weighted by Gasteiger charge is -2.37. The number of thiophene rings is 1. The fraction of sp³-hybridized carbons (Fsp3) is 0.474. The Morgan fingerprint density at radius 1 is 1.14 bits per heavy atom. The summed E-state index contributed by atoms with van der Waals surface area (Å²) in [5, 5.41) is 8.18. The number of hydrogen-bond donors (Lipinski definition) is 1. The maximum Gasteiger partial charge on any atom is 0.0216 e. The van der Waals surface area contributed by atoms with Crippen LogP contribution in [0, 0.1) is 0 Å². The van der Waals surface area contributed by atoms with Gasteiger partial charge in [-0.3, -0.25) is 4.90 Å². The Morgan fingerprint density at radius 2 is 1.95 bits per heavy atom. The Labute approximate surface area is 137 Å². The lowest BCUT2D eigenvalue weighted by molar-refractivity contribution is 0.140. The van der Waals surface area contributed by atoms with Gasteiger partial charge in [0.1, 0.15) is 0 Å². The van der Waals surface area contributed by atoms with Crippen molar-refractivity contribution in [3.63, 3.8) is 0 Å². The second-order valence-electron chi connectivity index (χ2n) is 6.68. The van der Waals surface area contributed by atoms with E-state index in [0.29, 0.717) is 6.04 Å². The van der Waals surface area contributed by atoms with Crippen molar-refractivity contribution in [2.75, 3.05) is 13.1 Å². The summed E-state index contributed by atoms with van der Waals surface area (Å²) in [6, 6.07) is 12.6. The molecule has 2 nitrogen and oxygen atoms in total. The highest BCUT2D eigenvalue weighted by atomic mass is 32.1. The van der Waals surface area contributed by atoms with Crippen molar-refractivity contribution in [3.05, 3.63) is 57.8 Å². The van der Waals surface area contributed by atoms with Crippen molar-refractivity contribution in [1.29, 1.82) is 0 Å². The van der Waals surface area contributed by atoms with Crippen molar-refractivity contribution in [2.45, 2.75) is 44.3 Å². The van der Waals surface area contributed by atoms with Crippen molar-refractivity contribution in [2.24, 2.45) is 0 Å². The summed E-state index contributed by atoms with van der Waals surface area (Å²) in [7, 11) is 0. The van der Waals surface area contributed by atoms with Gasteiger partial charge in [-0.15, -0.1) is 0 Å². The molecule has 116 valence electrons. The van der Waals surface area contributed by atoms with E-state index in [0.717, 1.165) is 12.6 Å². The first-order chi connectivity index (χ1) is 10.9. The fourth-order valence-electron chi connectivity index (χ4n) is 3.95. The van der Waals surface area contributed by atoms with Gasteiger partial charge in [-0.05, 0) is 65.7 Å². The van der Waals surface area contributed by atoms with E-state index < -0.39 is 0 Å². The molecule has 22 heavy (non-hydrogen) atoms. The van der Waals surface area contributed by atoms with Gasteiger partial charge in [0, 0.05) is 25.2 Å². The summed E-state index contributed by atoms with van der Waals surface area (Å²) in [6.45, 7) is 3.50. The van der Waals surface area contributed by atoms with E-state index in [2.05, 4.69) is 51.3 Å². The molecule has 4 rings (SSSR count). The minimum absolute atomic E-state index is 0.650. The zero-order chi connectivity index (χ0) is 14.8. The summed E-state index contributed by atoms with van der Waals surface area (Å²) in [4.78, 5) is 2.73. The molecular weight excluding hydrogens is 288 g/mol. The van der Waals surface area contributed by atoms with Crippen molar-refractivity contribution < 1.29 is 0 Å². The van der Waals surface area contributed by atoms with Gasteiger partial charge in [0.05, 0.1) is 0 Å². The molecule has 0 amide bonds. The first-order valence-electron chi connectivity index (χ1n) is 8.44. The number of rotatable bonds is 4. The van der Waals surface area contributed by atoms with E-state index in [9.17, 15) is 0 Å². The molecule has 1 unspecified atom stereocenters. The lowest BCUT2D eigenvalue weighted by atomic mass is 10.0. The van der Waals surface area contributed by atoms with Gasteiger partial charge in [-0.2, -0.15) is 11.3 Å². The van der Waals surface area contributed by atoms with E-state index >= 15 is 0 Å². The topological polar surface area (TPSA) is 15.3 Å². The summed E-state index contributed by atoms with van der Waals surface area (Å²) >= 11 is 1.79. The van der Waals surface area contributed by atoms with Crippen LogP contribution in [-0.2, 0) is 19.4 Å². The Kier molecular flexibility index (Phi) is 4.28. The second-order valence-corrected chi connectivity index (χ2v) is 7.46. The molecular formula is C19H24N2S. The van der Waals surface area contributed by atoms with E-state index in [1.54, 1.807) is 22.5 Å². The zero-order valence-corrected chi connectivity index (χ0v) is 13.8. The molecule has 0 bridgehead atoms. The number of benzene rings is 1. The van der Waals surface area contributed by atoms with Crippen LogP contribution in [0.15, 0.2) is 41.1 Å². The quantitative estimate of drug-likeness (QED) is 0.930. The molecule has 1 aliphatic carbocycles. The van der Waals surface area contributed by atoms with Crippen LogP contribution in [0.25, 0.3) is 0 Å². The average molecular weight is 312 g/mol. The largest absolute Gasteiger partial charge is 0.309 e. The summed E-state index contributed by atoms with van der Waals surface area (Å²) in [5.41, 5.74) is 4.57. The van der Waals surface area contributed by atoms with E-state index in [-0.39, 0.29) is 0 Å². The normalized spacial score (nSPS) is 22.8. The molecule has 2 aromatic rings. The maximum absolute atomic E-state index is 3.76. The van der Waals surface area contributed by atoms with Gasteiger partial charge < -0.3 is 5.32 Å². The van der Waals surface area contributed by atoms with Crippen LogP contribution in [0.5, 0.6) is 0 Å². The molecule has 1 atom stereocenters. The molecule has 1 fully saturated rings. The summed E-state index contributed by atoms with van der Waals surface area (Å²) in [6.07, 6.45) is 5.13. The molecule has 0 saturated carbocycles. The molecule has 1 aromatic heterocycles. The van der Waals surface area contributed by atoms with Crippen LogP contribution < -0.4 is 5.32 Å². The van der Waals surface area contributed by atoms with Crippen LogP contribution >= 0.6 is 11.3 Å². The van der Waals surface area contributed by atoms with E-state index in [1.165, 1.54) is 44.3 Å². The Bertz CT molecular complexity index is 583. The Balaban J connectivity index is 1.34. The zero-order valence-electron chi connectivity index (χ0n) is 13.0. The number of nitrogens with zero attached hydrogens (tertiary/aromatic N) is 1. The second kappa shape index (κ2) is 6.53. The number of likely N-dealkylation sites (tertiary alicyclic amines) is 1. The Hall–Kier alpha value is -1.16. The highest BCUT2D eigenvalue weighted by Crippen LogP contribution is 2.27. The number of nitrogens with one attached hydrogen (secondary N) is 1. The molecule has 3 heteroatoms. The number of hydrogen-bond acceptors (Lipinski definition) is 3. The van der Waals surface area contributed by atoms with Crippen LogP contribution in [0.4, 0.5) is 0 Å². The predicted molar refractivity (Wildman–Crippen MR) is 93.4 cm³/mol. The number of piperidine rings is 1. The van der Waals surface area contributed by atoms with Crippen molar-refractivity contribution >= 4 is 11.3 Å². The molecule has 1 saturated heterocycles. The van der Waals surface area contributed by atoms with Crippen LogP contribution in [-0.4, -0.2) is 30.1 Å². The minimum Gasteiger partial charge on any atom is -0.309 e. The highest BCUT2D eigenvalue weighted by Gasteiger charge is 2.30. The van der Waals surface area contributed by atoms with Crippen LogP contribution in [0.3, 0.4) is 0 Å².